The molecule has 1 saturated heterocycles. The highest BCUT2D eigenvalue weighted by Crippen LogP contribution is 2.11. The Morgan fingerprint density at radius 3 is 2.95 bits per heavy atom. The van der Waals surface area contributed by atoms with E-state index in [1.807, 2.05) is 18.3 Å². The lowest BCUT2D eigenvalue weighted by atomic mass is 10.0. The molecule has 1 atom stereocenters. The van der Waals surface area contributed by atoms with E-state index in [1.54, 1.807) is 6.20 Å². The maximum absolute atomic E-state index is 11.6. The van der Waals surface area contributed by atoms with Crippen molar-refractivity contribution in [2.24, 2.45) is 5.92 Å². The van der Waals surface area contributed by atoms with Gasteiger partial charge in [-0.1, -0.05) is 6.07 Å². The summed E-state index contributed by atoms with van der Waals surface area (Å²) in [4.78, 5) is 15.7. The number of halogens is 2. The molecule has 2 heterocycles. The van der Waals surface area contributed by atoms with Crippen molar-refractivity contribution >= 4 is 30.7 Å². The van der Waals surface area contributed by atoms with Gasteiger partial charge in [0.25, 0.3) is 0 Å². The number of aromatic nitrogens is 1. The molecule has 19 heavy (non-hydrogen) atoms. The van der Waals surface area contributed by atoms with Crippen molar-refractivity contribution in [2.75, 3.05) is 19.6 Å². The van der Waals surface area contributed by atoms with Crippen LogP contribution in [0.1, 0.15) is 18.4 Å². The van der Waals surface area contributed by atoms with Crippen LogP contribution < -0.4 is 10.6 Å². The smallest absolute Gasteiger partial charge is 0.220 e. The SMILES string of the molecule is Cl.Cl.O=C(CC1CCNC1)NCCc1cccnc1. The van der Waals surface area contributed by atoms with Crippen LogP contribution in [0.15, 0.2) is 24.5 Å². The Hall–Kier alpha value is -0.840. The molecule has 2 N–H and O–H groups in total. The van der Waals surface area contributed by atoms with Gasteiger partial charge in [0.15, 0.2) is 0 Å². The summed E-state index contributed by atoms with van der Waals surface area (Å²) in [5.74, 6) is 0.691. The number of hydrogen-bond acceptors (Lipinski definition) is 3. The van der Waals surface area contributed by atoms with Crippen LogP contribution in [0.2, 0.25) is 0 Å². The van der Waals surface area contributed by atoms with Crippen LogP contribution >= 0.6 is 24.8 Å². The molecule has 2 rings (SSSR count). The second-order valence-corrected chi connectivity index (χ2v) is 4.52. The molecule has 0 radical (unpaired) electrons. The first kappa shape index (κ1) is 18.2. The first-order valence-corrected chi connectivity index (χ1v) is 6.21. The Bertz CT molecular complexity index is 356. The highest BCUT2D eigenvalue weighted by atomic mass is 35.5. The molecule has 1 amide bonds. The van der Waals surface area contributed by atoms with Gasteiger partial charge in [-0.25, -0.2) is 0 Å². The van der Waals surface area contributed by atoms with Gasteiger partial charge in [0.1, 0.15) is 0 Å². The summed E-state index contributed by atoms with van der Waals surface area (Å²) in [5, 5.41) is 6.23. The molecule has 1 unspecified atom stereocenters. The van der Waals surface area contributed by atoms with E-state index in [9.17, 15) is 4.79 Å². The van der Waals surface area contributed by atoms with E-state index in [0.29, 0.717) is 18.9 Å². The molecule has 1 fully saturated rings. The van der Waals surface area contributed by atoms with Gasteiger partial charge in [-0.05, 0) is 43.5 Å². The molecule has 108 valence electrons. The maximum Gasteiger partial charge on any atom is 0.220 e. The molecule has 0 aliphatic carbocycles. The maximum atomic E-state index is 11.6. The van der Waals surface area contributed by atoms with Gasteiger partial charge in [0.05, 0.1) is 0 Å². The first-order chi connectivity index (χ1) is 8.34. The van der Waals surface area contributed by atoms with Crippen molar-refractivity contribution in [1.82, 2.24) is 15.6 Å². The van der Waals surface area contributed by atoms with Crippen LogP contribution in [0.3, 0.4) is 0 Å². The molecular formula is C13H21Cl2N3O. The van der Waals surface area contributed by atoms with Crippen molar-refractivity contribution in [3.63, 3.8) is 0 Å². The van der Waals surface area contributed by atoms with E-state index in [0.717, 1.165) is 31.5 Å². The fourth-order valence-corrected chi connectivity index (χ4v) is 2.12. The normalized spacial score (nSPS) is 17.2. The molecule has 4 nitrogen and oxygen atoms in total. The van der Waals surface area contributed by atoms with E-state index < -0.39 is 0 Å². The third-order valence-corrected chi connectivity index (χ3v) is 3.10. The average molecular weight is 306 g/mol. The number of nitrogens with zero attached hydrogens (tertiary/aromatic N) is 1. The van der Waals surface area contributed by atoms with Crippen molar-refractivity contribution in [3.8, 4) is 0 Å². The van der Waals surface area contributed by atoms with Crippen molar-refractivity contribution in [3.05, 3.63) is 30.1 Å². The molecule has 6 heteroatoms. The fourth-order valence-electron chi connectivity index (χ4n) is 2.12. The summed E-state index contributed by atoms with van der Waals surface area (Å²) in [7, 11) is 0. The lowest BCUT2D eigenvalue weighted by Crippen LogP contribution is -2.28. The zero-order valence-corrected chi connectivity index (χ0v) is 12.4. The fraction of sp³-hybridized carbons (Fsp3) is 0.538. The van der Waals surface area contributed by atoms with E-state index in [2.05, 4.69) is 15.6 Å². The second kappa shape index (κ2) is 10.0. The van der Waals surface area contributed by atoms with Crippen LogP contribution in [0.5, 0.6) is 0 Å². The van der Waals surface area contributed by atoms with Crippen molar-refractivity contribution < 1.29 is 4.79 Å². The van der Waals surface area contributed by atoms with Crippen molar-refractivity contribution in [2.45, 2.75) is 19.3 Å². The number of carbonyl (C=O) groups excluding carboxylic acids is 1. The molecule has 1 aliphatic rings. The van der Waals surface area contributed by atoms with Crippen molar-refractivity contribution in [1.29, 1.82) is 0 Å². The Balaban J connectivity index is 0.00000162. The number of rotatable bonds is 5. The van der Waals surface area contributed by atoms with Gasteiger partial charge >= 0.3 is 0 Å². The molecule has 0 aromatic carbocycles. The van der Waals surface area contributed by atoms with Gasteiger partial charge in [-0.3, -0.25) is 9.78 Å². The monoisotopic (exact) mass is 305 g/mol. The summed E-state index contributed by atoms with van der Waals surface area (Å²) >= 11 is 0. The number of amides is 1. The summed E-state index contributed by atoms with van der Waals surface area (Å²) in [6, 6.07) is 3.95. The number of carbonyl (C=O) groups is 1. The van der Waals surface area contributed by atoms with Crippen LogP contribution in [-0.4, -0.2) is 30.5 Å². The predicted octanol–water partition coefficient (Wildman–Crippen LogP) is 1.58. The summed E-state index contributed by atoms with van der Waals surface area (Å²) < 4.78 is 0. The van der Waals surface area contributed by atoms with Gasteiger partial charge in [-0.2, -0.15) is 0 Å². The zero-order valence-electron chi connectivity index (χ0n) is 10.8. The van der Waals surface area contributed by atoms with Crippen LogP contribution in [-0.2, 0) is 11.2 Å². The van der Waals surface area contributed by atoms with E-state index >= 15 is 0 Å². The first-order valence-electron chi connectivity index (χ1n) is 6.21. The molecule has 0 bridgehead atoms. The Kier molecular flexibility index (Phi) is 9.57. The van der Waals surface area contributed by atoms with Gasteiger partial charge in [0.2, 0.25) is 5.91 Å². The molecule has 1 aromatic heterocycles. The Morgan fingerprint density at radius 2 is 2.32 bits per heavy atom. The lowest BCUT2D eigenvalue weighted by molar-refractivity contribution is -0.121. The Morgan fingerprint density at radius 1 is 1.47 bits per heavy atom. The largest absolute Gasteiger partial charge is 0.356 e. The summed E-state index contributed by atoms with van der Waals surface area (Å²) in [5.41, 5.74) is 1.16. The standard InChI is InChI=1S/C13H19N3O.2ClH/c17-13(8-12-3-6-15-10-12)16-7-4-11-2-1-5-14-9-11;;/h1-2,5,9,12,15H,3-4,6-8,10H2,(H,16,17);2*1H. The van der Waals surface area contributed by atoms with E-state index in [1.165, 1.54) is 0 Å². The minimum Gasteiger partial charge on any atom is -0.356 e. The third kappa shape index (κ3) is 6.76. The molecule has 0 spiro atoms. The topological polar surface area (TPSA) is 54.0 Å². The highest BCUT2D eigenvalue weighted by molar-refractivity contribution is 5.85. The molecule has 1 aromatic rings. The summed E-state index contributed by atoms with van der Waals surface area (Å²) in [6.07, 6.45) is 6.22. The molecule has 0 saturated carbocycles. The third-order valence-electron chi connectivity index (χ3n) is 3.10. The van der Waals surface area contributed by atoms with Gasteiger partial charge in [0, 0.05) is 25.4 Å². The van der Waals surface area contributed by atoms with Crippen LogP contribution in [0.25, 0.3) is 0 Å². The van der Waals surface area contributed by atoms with E-state index in [-0.39, 0.29) is 30.7 Å². The Labute approximate surface area is 126 Å². The summed E-state index contributed by atoms with van der Waals surface area (Å²) in [6.45, 7) is 2.73. The molecular weight excluding hydrogens is 285 g/mol. The number of pyridine rings is 1. The number of hydrogen-bond donors (Lipinski definition) is 2. The average Bonchev–Trinajstić information content (AvgIpc) is 2.83. The lowest BCUT2D eigenvalue weighted by Gasteiger charge is -2.08. The second-order valence-electron chi connectivity index (χ2n) is 4.52. The van der Waals surface area contributed by atoms with Gasteiger partial charge in [-0.15, -0.1) is 24.8 Å². The van der Waals surface area contributed by atoms with E-state index in [4.69, 9.17) is 0 Å². The number of nitrogens with one attached hydrogen (secondary N) is 2. The highest BCUT2D eigenvalue weighted by Gasteiger charge is 2.17. The minimum absolute atomic E-state index is 0. The predicted molar refractivity (Wildman–Crippen MR) is 81.0 cm³/mol. The van der Waals surface area contributed by atoms with Crippen LogP contribution in [0, 0.1) is 5.92 Å². The zero-order chi connectivity index (χ0) is 11.9. The quantitative estimate of drug-likeness (QED) is 0.868. The van der Waals surface area contributed by atoms with Gasteiger partial charge < -0.3 is 10.6 Å². The van der Waals surface area contributed by atoms with Crippen LogP contribution in [0.4, 0.5) is 0 Å². The minimum atomic E-state index is 0. The molecule has 1 aliphatic heterocycles.